The van der Waals surface area contributed by atoms with E-state index in [-0.39, 0.29) is 11.9 Å². The molecule has 7 heteroatoms. The second kappa shape index (κ2) is 11.6. The maximum Gasteiger partial charge on any atom is 0.242 e. The topological polar surface area (TPSA) is 75.5 Å². The number of carbonyl (C=O) groups excluding carboxylic acids is 1. The van der Waals surface area contributed by atoms with Gasteiger partial charge in [0.1, 0.15) is 0 Å². The van der Waals surface area contributed by atoms with Crippen LogP contribution in [0.1, 0.15) is 35.1 Å². The minimum atomic E-state index is 0.146. The van der Waals surface area contributed by atoms with Gasteiger partial charge in [-0.05, 0) is 66.3 Å². The summed E-state index contributed by atoms with van der Waals surface area (Å²) in [7, 11) is 0. The molecule has 0 radical (unpaired) electrons. The zero-order valence-corrected chi connectivity index (χ0v) is 21.0. The van der Waals surface area contributed by atoms with Gasteiger partial charge in [0, 0.05) is 56.2 Å². The maximum atomic E-state index is 13.7. The second-order valence-corrected chi connectivity index (χ2v) is 9.63. The number of pyridine rings is 1. The van der Waals surface area contributed by atoms with Crippen molar-refractivity contribution < 1.29 is 4.79 Å². The van der Waals surface area contributed by atoms with Crippen LogP contribution in [-0.2, 0) is 17.8 Å². The Bertz CT molecular complexity index is 1260. The number of nitriles is 1. The van der Waals surface area contributed by atoms with E-state index >= 15 is 0 Å². The highest BCUT2D eigenvalue weighted by molar-refractivity contribution is 5.79. The molecule has 2 aliphatic rings. The lowest BCUT2D eigenvalue weighted by atomic mass is 9.98. The molecule has 1 aromatic heterocycles. The predicted molar refractivity (Wildman–Crippen MR) is 144 cm³/mol. The molecule has 37 heavy (non-hydrogen) atoms. The van der Waals surface area contributed by atoms with Gasteiger partial charge < -0.3 is 20.0 Å². The van der Waals surface area contributed by atoms with Gasteiger partial charge in [-0.2, -0.15) is 5.26 Å². The van der Waals surface area contributed by atoms with E-state index in [9.17, 15) is 4.79 Å². The highest BCUT2D eigenvalue weighted by atomic mass is 16.2. The van der Waals surface area contributed by atoms with Gasteiger partial charge in [-0.15, -0.1) is 0 Å². The minimum Gasteiger partial charge on any atom is -0.373 e. The standard InChI is InChI=1S/C30H32N6O/c31-19-25-8-6-24(7-9-25)18-27-20-32-13-10-26(27)21-36(30(37)22-34-17-14-33-23-34)29-11-15-35(16-12-29)28-4-2-1-3-5-28/h1-10,13-14,17,20,29,33H,11-12,15-16,18,21-23H2. The molecule has 0 atom stereocenters. The van der Waals surface area contributed by atoms with Crippen molar-refractivity contribution in [2.75, 3.05) is 31.2 Å². The Morgan fingerprint density at radius 3 is 2.54 bits per heavy atom. The van der Waals surface area contributed by atoms with Crippen LogP contribution >= 0.6 is 0 Å². The fourth-order valence-corrected chi connectivity index (χ4v) is 5.12. The number of para-hydroxylation sites is 1. The smallest absolute Gasteiger partial charge is 0.242 e. The van der Waals surface area contributed by atoms with E-state index in [1.54, 1.807) is 0 Å². The number of hydrogen-bond acceptors (Lipinski definition) is 6. The molecule has 0 bridgehead atoms. The number of aromatic nitrogens is 1. The molecule has 3 heterocycles. The van der Waals surface area contributed by atoms with Crippen LogP contribution in [-0.4, -0.2) is 53.0 Å². The van der Waals surface area contributed by atoms with Gasteiger partial charge in [-0.3, -0.25) is 9.78 Å². The van der Waals surface area contributed by atoms with Gasteiger partial charge in [-0.1, -0.05) is 30.3 Å². The summed E-state index contributed by atoms with van der Waals surface area (Å²) >= 11 is 0. The first-order valence-corrected chi connectivity index (χ1v) is 12.8. The summed E-state index contributed by atoms with van der Waals surface area (Å²) in [6.07, 6.45) is 10.1. The zero-order chi connectivity index (χ0) is 25.5. The van der Waals surface area contributed by atoms with E-state index in [0.717, 1.165) is 42.6 Å². The molecule has 7 nitrogen and oxygen atoms in total. The van der Waals surface area contributed by atoms with Gasteiger partial charge in [0.2, 0.25) is 5.91 Å². The molecule has 188 valence electrons. The number of carbonyl (C=O) groups is 1. The second-order valence-electron chi connectivity index (χ2n) is 9.63. The molecule has 0 aliphatic carbocycles. The number of piperidine rings is 1. The predicted octanol–water partition coefficient (Wildman–Crippen LogP) is 3.88. The maximum absolute atomic E-state index is 13.7. The number of rotatable bonds is 8. The summed E-state index contributed by atoms with van der Waals surface area (Å²) in [5.41, 5.74) is 5.24. The molecule has 0 spiro atoms. The Morgan fingerprint density at radius 2 is 1.84 bits per heavy atom. The molecule has 1 amide bonds. The van der Waals surface area contributed by atoms with Crippen molar-refractivity contribution in [3.05, 3.63) is 108 Å². The van der Waals surface area contributed by atoms with Crippen molar-refractivity contribution in [2.45, 2.75) is 31.8 Å². The molecule has 0 unspecified atom stereocenters. The lowest BCUT2D eigenvalue weighted by Gasteiger charge is -2.40. The van der Waals surface area contributed by atoms with Gasteiger partial charge in [-0.25, -0.2) is 0 Å². The molecular weight excluding hydrogens is 460 g/mol. The zero-order valence-electron chi connectivity index (χ0n) is 21.0. The van der Waals surface area contributed by atoms with Crippen molar-refractivity contribution in [1.82, 2.24) is 20.1 Å². The number of nitrogens with one attached hydrogen (secondary N) is 1. The van der Waals surface area contributed by atoms with Crippen molar-refractivity contribution >= 4 is 11.6 Å². The quantitative estimate of drug-likeness (QED) is 0.515. The fourth-order valence-electron chi connectivity index (χ4n) is 5.12. The van der Waals surface area contributed by atoms with Crippen molar-refractivity contribution in [3.8, 4) is 6.07 Å². The summed E-state index contributed by atoms with van der Waals surface area (Å²) in [6, 6.07) is 22.6. The number of amides is 1. The first-order valence-electron chi connectivity index (χ1n) is 12.8. The van der Waals surface area contributed by atoms with E-state index in [0.29, 0.717) is 31.7 Å². The Hall–Kier alpha value is -4.31. The molecule has 3 aromatic rings. The van der Waals surface area contributed by atoms with E-state index in [1.165, 1.54) is 5.69 Å². The highest BCUT2D eigenvalue weighted by Crippen LogP contribution is 2.25. The van der Waals surface area contributed by atoms with Crippen LogP contribution < -0.4 is 10.2 Å². The normalized spacial score (nSPS) is 15.3. The average Bonchev–Trinajstić information content (AvgIpc) is 3.46. The minimum absolute atomic E-state index is 0.146. The summed E-state index contributed by atoms with van der Waals surface area (Å²) in [4.78, 5) is 24.5. The summed E-state index contributed by atoms with van der Waals surface area (Å²) in [5, 5.41) is 12.3. The largest absolute Gasteiger partial charge is 0.373 e. The molecular formula is C30H32N6O. The van der Waals surface area contributed by atoms with Crippen LogP contribution in [0.2, 0.25) is 0 Å². The molecule has 1 saturated heterocycles. The Kier molecular flexibility index (Phi) is 7.66. The van der Waals surface area contributed by atoms with E-state index in [2.05, 4.69) is 50.4 Å². The molecule has 1 fully saturated rings. The molecule has 0 saturated carbocycles. The summed E-state index contributed by atoms with van der Waals surface area (Å²) in [5.74, 6) is 0.146. The van der Waals surface area contributed by atoms with Crippen molar-refractivity contribution in [3.63, 3.8) is 0 Å². The monoisotopic (exact) mass is 492 g/mol. The molecule has 1 N–H and O–H groups in total. The van der Waals surface area contributed by atoms with Crippen LogP contribution in [0.4, 0.5) is 5.69 Å². The van der Waals surface area contributed by atoms with E-state index < -0.39 is 0 Å². The first kappa shape index (κ1) is 24.4. The van der Waals surface area contributed by atoms with Crippen molar-refractivity contribution in [1.29, 1.82) is 5.26 Å². The van der Waals surface area contributed by atoms with Gasteiger partial charge >= 0.3 is 0 Å². The first-order chi connectivity index (χ1) is 18.2. The lowest BCUT2D eigenvalue weighted by molar-refractivity contribution is -0.135. The van der Waals surface area contributed by atoms with E-state index in [4.69, 9.17) is 5.26 Å². The van der Waals surface area contributed by atoms with Gasteiger partial charge in [0.15, 0.2) is 0 Å². The Balaban J connectivity index is 1.33. The van der Waals surface area contributed by atoms with Crippen LogP contribution in [0.5, 0.6) is 0 Å². The lowest BCUT2D eigenvalue weighted by Crippen LogP contribution is -2.49. The highest BCUT2D eigenvalue weighted by Gasteiger charge is 2.29. The summed E-state index contributed by atoms with van der Waals surface area (Å²) in [6.45, 7) is 3.44. The van der Waals surface area contributed by atoms with Crippen LogP contribution in [0, 0.1) is 11.3 Å². The number of benzene rings is 2. The molecule has 2 aliphatic heterocycles. The fraction of sp³-hybridized carbons (Fsp3) is 0.300. The molecule has 2 aromatic carbocycles. The van der Waals surface area contributed by atoms with Crippen LogP contribution in [0.3, 0.4) is 0 Å². The van der Waals surface area contributed by atoms with Crippen molar-refractivity contribution in [2.24, 2.45) is 0 Å². The Labute approximate surface area is 218 Å². The van der Waals surface area contributed by atoms with Gasteiger partial charge in [0.05, 0.1) is 24.8 Å². The third-order valence-corrected chi connectivity index (χ3v) is 7.21. The number of hydrogen-bond donors (Lipinski definition) is 1. The third-order valence-electron chi connectivity index (χ3n) is 7.21. The average molecular weight is 493 g/mol. The van der Waals surface area contributed by atoms with Crippen LogP contribution in [0.15, 0.2) is 85.5 Å². The third kappa shape index (κ3) is 6.10. The summed E-state index contributed by atoms with van der Waals surface area (Å²) < 4.78 is 0. The SMILES string of the molecule is N#Cc1ccc(Cc2cnccc2CN(C(=O)CN2C=CNC2)C2CCN(c3ccccc3)CC2)cc1. The van der Waals surface area contributed by atoms with Crippen LogP contribution in [0.25, 0.3) is 0 Å². The number of anilines is 1. The van der Waals surface area contributed by atoms with E-state index in [1.807, 2.05) is 66.1 Å². The molecule has 5 rings (SSSR count). The van der Waals surface area contributed by atoms with Gasteiger partial charge in [0.25, 0.3) is 0 Å². The Morgan fingerprint density at radius 1 is 1.05 bits per heavy atom. The number of nitrogens with zero attached hydrogens (tertiary/aromatic N) is 5.